The molecule has 0 unspecified atom stereocenters. The van der Waals surface area contributed by atoms with Gasteiger partial charge in [0.2, 0.25) is 0 Å². The van der Waals surface area contributed by atoms with Crippen molar-refractivity contribution in [1.29, 1.82) is 0 Å². The molecule has 0 aliphatic carbocycles. The third-order valence-corrected chi connectivity index (χ3v) is 3.84. The fourth-order valence-corrected chi connectivity index (χ4v) is 2.44. The normalized spacial score (nSPS) is 10.0. The van der Waals surface area contributed by atoms with Crippen molar-refractivity contribution >= 4 is 17.8 Å². The number of pyridine rings is 1. The predicted molar refractivity (Wildman–Crippen MR) is 106 cm³/mol. The van der Waals surface area contributed by atoms with E-state index in [4.69, 9.17) is 4.74 Å². The number of hydrogen-bond donors (Lipinski definition) is 3. The molecule has 0 atom stereocenters. The molecular weight excluding hydrogens is 356 g/mol. The zero-order valence-corrected chi connectivity index (χ0v) is 15.3. The minimum absolute atomic E-state index is 0.171. The summed E-state index contributed by atoms with van der Waals surface area (Å²) < 4.78 is 5.79. The molecule has 0 saturated carbocycles. The van der Waals surface area contributed by atoms with Crippen LogP contribution in [0.5, 0.6) is 11.5 Å². The smallest absolute Gasteiger partial charge is 0.320 e. The van der Waals surface area contributed by atoms with E-state index in [9.17, 15) is 9.59 Å². The van der Waals surface area contributed by atoms with E-state index in [1.165, 1.54) is 0 Å². The van der Waals surface area contributed by atoms with Gasteiger partial charge in [0.05, 0.1) is 0 Å². The van der Waals surface area contributed by atoms with Gasteiger partial charge >= 0.3 is 6.03 Å². The Hall–Kier alpha value is -3.87. The van der Waals surface area contributed by atoms with E-state index in [-0.39, 0.29) is 11.9 Å². The van der Waals surface area contributed by atoms with Crippen molar-refractivity contribution in [3.8, 4) is 11.5 Å². The molecule has 3 amide bonds. The zero-order valence-electron chi connectivity index (χ0n) is 15.3. The Balaban J connectivity index is 1.53. The van der Waals surface area contributed by atoms with Crippen LogP contribution < -0.4 is 20.7 Å². The maximum atomic E-state index is 11.9. The third kappa shape index (κ3) is 5.31. The molecule has 0 aliphatic rings. The number of amides is 3. The second kappa shape index (κ2) is 9.18. The van der Waals surface area contributed by atoms with Crippen LogP contribution in [0.2, 0.25) is 0 Å². The van der Waals surface area contributed by atoms with Gasteiger partial charge < -0.3 is 15.4 Å². The maximum absolute atomic E-state index is 11.9. The molecule has 0 radical (unpaired) electrons. The van der Waals surface area contributed by atoms with Crippen LogP contribution in [0.15, 0.2) is 72.9 Å². The highest BCUT2D eigenvalue weighted by Crippen LogP contribution is 2.22. The lowest BCUT2D eigenvalue weighted by Crippen LogP contribution is -2.28. The average Bonchev–Trinajstić information content (AvgIpc) is 2.73. The van der Waals surface area contributed by atoms with Gasteiger partial charge in [-0.25, -0.2) is 9.78 Å². The lowest BCUT2D eigenvalue weighted by Gasteiger charge is -2.09. The summed E-state index contributed by atoms with van der Waals surface area (Å²) in [7, 11) is 1.58. The number of carbonyl (C=O) groups excluding carboxylic acids is 2. The SMILES string of the molecule is CNC(=O)c1cccc(Oc2ccc(CNC(=O)Nc3ccccn3)cc2)c1. The van der Waals surface area contributed by atoms with Crippen molar-refractivity contribution in [2.24, 2.45) is 0 Å². The summed E-state index contributed by atoms with van der Waals surface area (Å²) in [6.45, 7) is 0.366. The Morgan fingerprint density at radius 1 is 0.964 bits per heavy atom. The number of anilines is 1. The van der Waals surface area contributed by atoms with Crippen LogP contribution >= 0.6 is 0 Å². The first kappa shape index (κ1) is 18.9. The minimum atomic E-state index is -0.329. The van der Waals surface area contributed by atoms with Crippen LogP contribution in [-0.2, 0) is 6.54 Å². The highest BCUT2D eigenvalue weighted by Gasteiger charge is 2.06. The third-order valence-electron chi connectivity index (χ3n) is 3.84. The second-order valence-corrected chi connectivity index (χ2v) is 5.88. The number of rotatable bonds is 6. The molecule has 7 nitrogen and oxygen atoms in total. The van der Waals surface area contributed by atoms with E-state index in [0.717, 1.165) is 5.56 Å². The van der Waals surface area contributed by atoms with Crippen molar-refractivity contribution in [2.45, 2.75) is 6.54 Å². The van der Waals surface area contributed by atoms with Gasteiger partial charge in [-0.3, -0.25) is 10.1 Å². The minimum Gasteiger partial charge on any atom is -0.457 e. The number of nitrogens with one attached hydrogen (secondary N) is 3. The monoisotopic (exact) mass is 376 g/mol. The van der Waals surface area contributed by atoms with Crippen molar-refractivity contribution < 1.29 is 14.3 Å². The number of benzene rings is 2. The van der Waals surface area contributed by atoms with Gasteiger partial charge in [-0.1, -0.05) is 24.3 Å². The lowest BCUT2D eigenvalue weighted by molar-refractivity contribution is 0.0962. The number of nitrogens with zero attached hydrogens (tertiary/aromatic N) is 1. The van der Waals surface area contributed by atoms with Crippen LogP contribution in [0.1, 0.15) is 15.9 Å². The number of ether oxygens (including phenoxy) is 1. The van der Waals surface area contributed by atoms with Gasteiger partial charge in [-0.2, -0.15) is 0 Å². The van der Waals surface area contributed by atoms with Crippen LogP contribution in [0.25, 0.3) is 0 Å². The molecule has 2 aromatic carbocycles. The van der Waals surface area contributed by atoms with Crippen molar-refractivity contribution in [3.63, 3.8) is 0 Å². The van der Waals surface area contributed by atoms with Crippen LogP contribution in [-0.4, -0.2) is 24.0 Å². The fourth-order valence-electron chi connectivity index (χ4n) is 2.44. The molecule has 3 rings (SSSR count). The standard InChI is InChI=1S/C21H20N4O3/c1-22-20(26)16-5-4-6-18(13-16)28-17-10-8-15(9-11-17)14-24-21(27)25-19-7-2-3-12-23-19/h2-13H,14H2,1H3,(H,22,26)(H2,23,24,25,27). The molecule has 0 bridgehead atoms. The first-order valence-corrected chi connectivity index (χ1v) is 8.69. The average molecular weight is 376 g/mol. The Morgan fingerprint density at radius 3 is 2.50 bits per heavy atom. The van der Waals surface area contributed by atoms with E-state index < -0.39 is 0 Å². The lowest BCUT2D eigenvalue weighted by atomic mass is 10.2. The molecule has 142 valence electrons. The molecule has 3 aromatic rings. The molecule has 1 heterocycles. The summed E-state index contributed by atoms with van der Waals surface area (Å²) in [5.74, 6) is 1.52. The predicted octanol–water partition coefficient (Wildman–Crippen LogP) is 3.56. The number of aromatic nitrogens is 1. The Bertz CT molecular complexity index is 943. The summed E-state index contributed by atoms with van der Waals surface area (Å²) in [5.41, 5.74) is 1.45. The molecule has 1 aromatic heterocycles. The fraction of sp³-hybridized carbons (Fsp3) is 0.0952. The highest BCUT2D eigenvalue weighted by atomic mass is 16.5. The first-order chi connectivity index (χ1) is 13.6. The Morgan fingerprint density at radius 2 is 1.79 bits per heavy atom. The van der Waals surface area contributed by atoms with Gasteiger partial charge in [0, 0.05) is 25.4 Å². The molecule has 7 heteroatoms. The Kier molecular flexibility index (Phi) is 6.20. The van der Waals surface area contributed by atoms with E-state index in [1.54, 1.807) is 67.8 Å². The number of hydrogen-bond acceptors (Lipinski definition) is 4. The number of carbonyl (C=O) groups is 2. The zero-order chi connectivity index (χ0) is 19.8. The van der Waals surface area contributed by atoms with Crippen LogP contribution in [0.4, 0.5) is 10.6 Å². The van der Waals surface area contributed by atoms with E-state index in [1.807, 2.05) is 12.1 Å². The summed E-state index contributed by atoms with van der Waals surface area (Å²) in [6, 6.07) is 19.2. The van der Waals surface area contributed by atoms with Crippen LogP contribution in [0.3, 0.4) is 0 Å². The topological polar surface area (TPSA) is 92.4 Å². The highest BCUT2D eigenvalue weighted by molar-refractivity contribution is 5.94. The van der Waals surface area contributed by atoms with E-state index in [2.05, 4.69) is 20.9 Å². The molecular formula is C21H20N4O3. The molecule has 28 heavy (non-hydrogen) atoms. The maximum Gasteiger partial charge on any atom is 0.320 e. The molecule has 0 aliphatic heterocycles. The first-order valence-electron chi connectivity index (χ1n) is 8.69. The van der Waals surface area contributed by atoms with Gasteiger partial charge in [0.15, 0.2) is 0 Å². The summed E-state index contributed by atoms with van der Waals surface area (Å²) in [5, 5.41) is 8.00. The van der Waals surface area contributed by atoms with Crippen molar-refractivity contribution in [2.75, 3.05) is 12.4 Å². The number of urea groups is 1. The summed E-state index contributed by atoms with van der Waals surface area (Å²) in [6.07, 6.45) is 1.61. The van der Waals surface area contributed by atoms with Gasteiger partial charge in [-0.05, 0) is 48.0 Å². The Labute approximate surface area is 162 Å². The van der Waals surface area contributed by atoms with Crippen molar-refractivity contribution in [1.82, 2.24) is 15.6 Å². The molecule has 0 saturated heterocycles. The van der Waals surface area contributed by atoms with Gasteiger partial charge in [0.25, 0.3) is 5.91 Å². The summed E-state index contributed by atoms with van der Waals surface area (Å²) >= 11 is 0. The molecule has 3 N–H and O–H groups in total. The summed E-state index contributed by atoms with van der Waals surface area (Å²) in [4.78, 5) is 27.6. The molecule has 0 spiro atoms. The largest absolute Gasteiger partial charge is 0.457 e. The van der Waals surface area contributed by atoms with Gasteiger partial charge in [-0.15, -0.1) is 0 Å². The molecule has 0 fully saturated rings. The van der Waals surface area contributed by atoms with E-state index in [0.29, 0.717) is 29.4 Å². The van der Waals surface area contributed by atoms with Gasteiger partial charge in [0.1, 0.15) is 17.3 Å². The van der Waals surface area contributed by atoms with E-state index >= 15 is 0 Å². The van der Waals surface area contributed by atoms with Crippen LogP contribution in [0, 0.1) is 0 Å². The quantitative estimate of drug-likeness (QED) is 0.613. The second-order valence-electron chi connectivity index (χ2n) is 5.88. The van der Waals surface area contributed by atoms with Crippen molar-refractivity contribution in [3.05, 3.63) is 84.1 Å².